The van der Waals surface area contributed by atoms with E-state index in [4.69, 9.17) is 23.2 Å². The number of thioether (sulfide) groups is 1. The molecule has 0 fully saturated rings. The van der Waals surface area contributed by atoms with Crippen LogP contribution in [-0.2, 0) is 4.79 Å². The molecule has 3 aromatic rings. The number of carbonyl (C=O) groups is 2. The first kappa shape index (κ1) is 22.3. The Morgan fingerprint density at radius 1 is 1.00 bits per heavy atom. The van der Waals surface area contributed by atoms with E-state index in [2.05, 4.69) is 4.99 Å². The standard InChI is InChI=1S/C25H18Cl2N2O2S/c1-16-10-12-19(13-11-16)29-24(31)21(14-18-8-5-9-20(26)23(18)27)28-25(29)32-15-22(30)17-6-3-2-4-7-17/h2-14H,15H2,1H3/b21-14-. The van der Waals surface area contributed by atoms with Gasteiger partial charge >= 0.3 is 0 Å². The van der Waals surface area contributed by atoms with Crippen molar-refractivity contribution in [2.45, 2.75) is 6.92 Å². The van der Waals surface area contributed by atoms with Crippen molar-refractivity contribution in [1.82, 2.24) is 0 Å². The Morgan fingerprint density at radius 2 is 1.72 bits per heavy atom. The molecular weight excluding hydrogens is 463 g/mol. The average molecular weight is 481 g/mol. The van der Waals surface area contributed by atoms with E-state index in [1.165, 1.54) is 16.7 Å². The van der Waals surface area contributed by atoms with Crippen molar-refractivity contribution in [3.8, 4) is 0 Å². The topological polar surface area (TPSA) is 49.7 Å². The van der Waals surface area contributed by atoms with Crippen LogP contribution in [0.2, 0.25) is 10.0 Å². The number of amidine groups is 1. The largest absolute Gasteiger partial charge is 0.293 e. The maximum absolute atomic E-state index is 13.3. The molecule has 0 radical (unpaired) electrons. The molecule has 0 aromatic heterocycles. The lowest BCUT2D eigenvalue weighted by molar-refractivity contribution is -0.113. The van der Waals surface area contributed by atoms with Crippen molar-refractivity contribution in [2.75, 3.05) is 10.7 Å². The molecule has 1 aliphatic heterocycles. The Balaban J connectivity index is 1.67. The van der Waals surface area contributed by atoms with E-state index in [0.29, 0.717) is 32.0 Å². The number of rotatable bonds is 5. The van der Waals surface area contributed by atoms with Gasteiger partial charge < -0.3 is 0 Å². The van der Waals surface area contributed by atoms with E-state index in [0.717, 1.165) is 5.56 Å². The van der Waals surface area contributed by atoms with Crippen molar-refractivity contribution < 1.29 is 9.59 Å². The summed E-state index contributed by atoms with van der Waals surface area (Å²) >= 11 is 13.6. The van der Waals surface area contributed by atoms with Crippen LogP contribution in [0.25, 0.3) is 6.08 Å². The number of carbonyl (C=O) groups excluding carboxylic acids is 2. The van der Waals surface area contributed by atoms with Gasteiger partial charge in [-0.2, -0.15) is 0 Å². The Morgan fingerprint density at radius 3 is 2.44 bits per heavy atom. The minimum Gasteiger partial charge on any atom is -0.293 e. The summed E-state index contributed by atoms with van der Waals surface area (Å²) in [4.78, 5) is 31.9. The zero-order valence-electron chi connectivity index (χ0n) is 17.1. The van der Waals surface area contributed by atoms with Crippen molar-refractivity contribution in [3.63, 3.8) is 0 Å². The lowest BCUT2D eigenvalue weighted by Crippen LogP contribution is -2.30. The molecule has 1 heterocycles. The number of anilines is 1. The minimum atomic E-state index is -0.292. The zero-order valence-corrected chi connectivity index (χ0v) is 19.4. The highest BCUT2D eigenvalue weighted by Crippen LogP contribution is 2.32. The summed E-state index contributed by atoms with van der Waals surface area (Å²) < 4.78 is 0. The van der Waals surface area contributed by atoms with Gasteiger partial charge in [-0.05, 0) is 36.8 Å². The highest BCUT2D eigenvalue weighted by atomic mass is 35.5. The number of amides is 1. The molecule has 1 amide bonds. The molecule has 160 valence electrons. The lowest BCUT2D eigenvalue weighted by atomic mass is 10.2. The summed E-state index contributed by atoms with van der Waals surface area (Å²) in [5.74, 6) is -0.173. The van der Waals surface area contributed by atoms with Crippen molar-refractivity contribution >= 4 is 63.6 Å². The second-order valence-corrected chi connectivity index (χ2v) is 8.85. The van der Waals surface area contributed by atoms with Crippen LogP contribution in [-0.4, -0.2) is 22.6 Å². The Labute approximate surface area is 200 Å². The van der Waals surface area contributed by atoms with Gasteiger partial charge in [-0.1, -0.05) is 95.1 Å². The molecular formula is C25H18Cl2N2O2S. The number of hydrogen-bond donors (Lipinski definition) is 0. The third-order valence-corrected chi connectivity index (χ3v) is 6.60. The second-order valence-electron chi connectivity index (χ2n) is 7.12. The van der Waals surface area contributed by atoms with Gasteiger partial charge in [0.15, 0.2) is 11.0 Å². The molecule has 0 spiro atoms. The van der Waals surface area contributed by atoms with Crippen LogP contribution in [0.5, 0.6) is 0 Å². The third kappa shape index (κ3) is 4.80. The quantitative estimate of drug-likeness (QED) is 0.302. The van der Waals surface area contributed by atoms with E-state index >= 15 is 0 Å². The van der Waals surface area contributed by atoms with E-state index in [1.54, 1.807) is 36.4 Å². The van der Waals surface area contributed by atoms with Gasteiger partial charge in [-0.3, -0.25) is 14.5 Å². The van der Waals surface area contributed by atoms with Crippen LogP contribution in [0.4, 0.5) is 5.69 Å². The number of nitrogens with zero attached hydrogens (tertiary/aromatic N) is 2. The summed E-state index contributed by atoms with van der Waals surface area (Å²) in [5, 5.41) is 1.19. The van der Waals surface area contributed by atoms with Crippen LogP contribution in [0, 0.1) is 6.92 Å². The fourth-order valence-corrected chi connectivity index (χ4v) is 4.40. The summed E-state index contributed by atoms with van der Waals surface area (Å²) in [6.45, 7) is 1.98. The van der Waals surface area contributed by atoms with Gasteiger partial charge in [-0.25, -0.2) is 4.99 Å². The fraction of sp³-hybridized carbons (Fsp3) is 0.0800. The molecule has 3 aromatic carbocycles. The molecule has 4 nitrogen and oxygen atoms in total. The van der Waals surface area contributed by atoms with Crippen LogP contribution in [0.3, 0.4) is 0 Å². The predicted octanol–water partition coefficient (Wildman–Crippen LogP) is 6.66. The number of halogens is 2. The predicted molar refractivity (Wildman–Crippen MR) is 134 cm³/mol. The molecule has 0 N–H and O–H groups in total. The van der Waals surface area contributed by atoms with Gasteiger partial charge in [0.05, 0.1) is 21.5 Å². The second kappa shape index (κ2) is 9.74. The monoisotopic (exact) mass is 480 g/mol. The minimum absolute atomic E-state index is 0.0371. The van der Waals surface area contributed by atoms with Crippen LogP contribution in [0.15, 0.2) is 83.5 Å². The Kier molecular flexibility index (Phi) is 6.80. The number of ketones is 1. The smallest absolute Gasteiger partial charge is 0.283 e. The van der Waals surface area contributed by atoms with Crippen molar-refractivity contribution in [2.24, 2.45) is 4.99 Å². The van der Waals surface area contributed by atoms with Crippen molar-refractivity contribution in [1.29, 1.82) is 0 Å². The van der Waals surface area contributed by atoms with Crippen LogP contribution < -0.4 is 4.90 Å². The molecule has 0 unspecified atom stereocenters. The molecule has 0 saturated carbocycles. The van der Waals surface area contributed by atoms with Gasteiger partial charge in [0.2, 0.25) is 0 Å². The lowest BCUT2D eigenvalue weighted by Gasteiger charge is -2.18. The number of aryl methyl sites for hydroxylation is 1. The first-order valence-corrected chi connectivity index (χ1v) is 11.5. The summed E-state index contributed by atoms with van der Waals surface area (Å²) in [6, 6.07) is 21.8. The van der Waals surface area contributed by atoms with Crippen LogP contribution >= 0.6 is 35.0 Å². The fourth-order valence-electron chi connectivity index (χ4n) is 3.13. The maximum Gasteiger partial charge on any atom is 0.283 e. The van der Waals surface area contributed by atoms with E-state index in [9.17, 15) is 9.59 Å². The molecule has 4 rings (SSSR count). The average Bonchev–Trinajstić information content (AvgIpc) is 3.11. The first-order valence-electron chi connectivity index (χ1n) is 9.80. The summed E-state index contributed by atoms with van der Waals surface area (Å²) in [7, 11) is 0. The zero-order chi connectivity index (χ0) is 22.7. The molecule has 0 aliphatic carbocycles. The third-order valence-electron chi connectivity index (χ3n) is 4.82. The van der Waals surface area contributed by atoms with E-state index < -0.39 is 0 Å². The summed E-state index contributed by atoms with van der Waals surface area (Å²) in [5.41, 5.74) is 3.20. The summed E-state index contributed by atoms with van der Waals surface area (Å²) in [6.07, 6.45) is 1.62. The Hall–Kier alpha value is -2.86. The molecule has 0 bridgehead atoms. The van der Waals surface area contributed by atoms with E-state index in [1.807, 2.05) is 49.4 Å². The Bertz CT molecular complexity index is 1240. The number of aliphatic imine (C=N–C) groups is 1. The van der Waals surface area contributed by atoms with Gasteiger partial charge in [0.1, 0.15) is 5.70 Å². The van der Waals surface area contributed by atoms with Gasteiger partial charge in [0.25, 0.3) is 5.91 Å². The molecule has 0 saturated heterocycles. The molecule has 0 atom stereocenters. The first-order chi connectivity index (χ1) is 15.4. The number of benzene rings is 3. The number of hydrogen-bond acceptors (Lipinski definition) is 4. The number of Topliss-reactive ketones (excluding diaryl/α,β-unsaturated/α-hetero) is 1. The maximum atomic E-state index is 13.3. The van der Waals surface area contributed by atoms with Crippen LogP contribution in [0.1, 0.15) is 21.5 Å². The molecule has 7 heteroatoms. The molecule has 32 heavy (non-hydrogen) atoms. The SMILES string of the molecule is Cc1ccc(N2C(=O)/C(=C/c3cccc(Cl)c3Cl)N=C2SCC(=O)c2ccccc2)cc1. The van der Waals surface area contributed by atoms with Crippen molar-refractivity contribution in [3.05, 3.63) is 105 Å². The highest BCUT2D eigenvalue weighted by Gasteiger charge is 2.32. The highest BCUT2D eigenvalue weighted by molar-refractivity contribution is 8.14. The normalized spacial score (nSPS) is 14.7. The van der Waals surface area contributed by atoms with Gasteiger partial charge in [-0.15, -0.1) is 0 Å². The van der Waals surface area contributed by atoms with E-state index in [-0.39, 0.29) is 23.1 Å². The van der Waals surface area contributed by atoms with Gasteiger partial charge in [0, 0.05) is 5.56 Å². The molecule has 1 aliphatic rings.